The summed E-state index contributed by atoms with van der Waals surface area (Å²) in [4.78, 5) is 15.2. The van der Waals surface area contributed by atoms with Gasteiger partial charge in [-0.3, -0.25) is 9.47 Å². The summed E-state index contributed by atoms with van der Waals surface area (Å²) in [7, 11) is 1.65. The van der Waals surface area contributed by atoms with E-state index >= 15 is 0 Å². The molecule has 1 saturated heterocycles. The Balaban J connectivity index is 1.75. The van der Waals surface area contributed by atoms with Crippen LogP contribution in [0.5, 0.6) is 5.75 Å². The Hall–Kier alpha value is -3.34. The van der Waals surface area contributed by atoms with Crippen molar-refractivity contribution >= 4 is 17.0 Å². The van der Waals surface area contributed by atoms with Crippen molar-refractivity contribution in [3.05, 3.63) is 64.8 Å². The molecular weight excluding hydrogens is 442 g/mol. The molecule has 1 fully saturated rings. The Morgan fingerprint density at radius 3 is 2.54 bits per heavy atom. The Bertz CT molecular complexity index is 1260. The highest BCUT2D eigenvalue weighted by Crippen LogP contribution is 2.38. The van der Waals surface area contributed by atoms with Gasteiger partial charge >= 0.3 is 6.09 Å². The highest BCUT2D eigenvalue weighted by Gasteiger charge is 2.30. The van der Waals surface area contributed by atoms with E-state index in [-0.39, 0.29) is 6.04 Å². The van der Waals surface area contributed by atoms with Crippen LogP contribution in [0.1, 0.15) is 61.9 Å². The molecule has 4 rings (SSSR count). The Kier molecular flexibility index (Phi) is 6.88. The molecule has 7 heteroatoms. The molecule has 2 atom stereocenters. The molecular formula is C28H33N3O4. The van der Waals surface area contributed by atoms with Crippen LogP contribution in [0.3, 0.4) is 0 Å². The summed E-state index contributed by atoms with van der Waals surface area (Å²) in [5.41, 5.74) is 3.81. The number of aromatic nitrogens is 1. The summed E-state index contributed by atoms with van der Waals surface area (Å²) in [6, 6.07) is 13.8. The standard InChI is InChI=1S/C28H33N3O4/c1-18-14-25(34-5)23(22-12-13-31(26(18)22)27(33)35-28(2,3)4)17-30-16-21(32)10-11-24(30)20-8-6-19(15-29)7-9-20/h6-9,12-14,21,24,32H,10-11,16-17H2,1-5H3. The third-order valence-corrected chi connectivity index (χ3v) is 6.49. The number of piperidine rings is 1. The van der Waals surface area contributed by atoms with Gasteiger partial charge in [0.1, 0.15) is 11.4 Å². The molecule has 184 valence electrons. The number of benzene rings is 2. The number of likely N-dealkylation sites (tertiary alicyclic amines) is 1. The van der Waals surface area contributed by atoms with Crippen LogP contribution in [0.15, 0.2) is 42.6 Å². The summed E-state index contributed by atoms with van der Waals surface area (Å²) in [5, 5.41) is 20.6. The van der Waals surface area contributed by atoms with Crippen molar-refractivity contribution in [2.75, 3.05) is 13.7 Å². The number of aliphatic hydroxyl groups is 1. The summed E-state index contributed by atoms with van der Waals surface area (Å²) >= 11 is 0. The molecule has 0 amide bonds. The van der Waals surface area contributed by atoms with Crippen molar-refractivity contribution in [1.29, 1.82) is 5.26 Å². The van der Waals surface area contributed by atoms with Gasteiger partial charge in [-0.05, 0) is 75.9 Å². The molecule has 0 spiro atoms. The molecule has 0 saturated carbocycles. The van der Waals surface area contributed by atoms with Crippen LogP contribution in [0.25, 0.3) is 10.9 Å². The van der Waals surface area contributed by atoms with Crippen LogP contribution >= 0.6 is 0 Å². The smallest absolute Gasteiger partial charge is 0.419 e. The van der Waals surface area contributed by atoms with Gasteiger partial charge in [0.25, 0.3) is 0 Å². The SMILES string of the molecule is COc1cc(C)c2c(ccn2C(=O)OC(C)(C)C)c1CN1CC(O)CCC1c1ccc(C#N)cc1. The number of nitriles is 1. The molecule has 1 N–H and O–H groups in total. The van der Waals surface area contributed by atoms with E-state index in [4.69, 9.17) is 14.7 Å². The van der Waals surface area contributed by atoms with E-state index < -0.39 is 17.8 Å². The highest BCUT2D eigenvalue weighted by molar-refractivity contribution is 5.95. The summed E-state index contributed by atoms with van der Waals surface area (Å²) in [6.45, 7) is 8.57. The van der Waals surface area contributed by atoms with Crippen molar-refractivity contribution in [1.82, 2.24) is 9.47 Å². The lowest BCUT2D eigenvalue weighted by atomic mass is 9.92. The molecule has 1 aliphatic rings. The first kappa shape index (κ1) is 24.8. The molecule has 1 aromatic heterocycles. The molecule has 7 nitrogen and oxygen atoms in total. The number of aryl methyl sites for hydroxylation is 1. The summed E-state index contributed by atoms with van der Waals surface area (Å²) < 4.78 is 13.0. The fourth-order valence-corrected chi connectivity index (χ4v) is 4.93. The van der Waals surface area contributed by atoms with Gasteiger partial charge in [0, 0.05) is 36.3 Å². The molecule has 0 bridgehead atoms. The van der Waals surface area contributed by atoms with Gasteiger partial charge in [-0.2, -0.15) is 5.26 Å². The van der Waals surface area contributed by atoms with Crippen LogP contribution in [0, 0.1) is 18.3 Å². The molecule has 2 aromatic carbocycles. The quantitative estimate of drug-likeness (QED) is 0.550. The molecule has 2 unspecified atom stereocenters. The largest absolute Gasteiger partial charge is 0.496 e. The lowest BCUT2D eigenvalue weighted by Crippen LogP contribution is -2.40. The van der Waals surface area contributed by atoms with Crippen LogP contribution < -0.4 is 4.74 Å². The second-order valence-corrected chi connectivity index (χ2v) is 10.2. The van der Waals surface area contributed by atoms with E-state index in [0.717, 1.165) is 46.2 Å². The van der Waals surface area contributed by atoms with E-state index in [1.54, 1.807) is 17.9 Å². The highest BCUT2D eigenvalue weighted by atomic mass is 16.6. The number of hydrogen-bond donors (Lipinski definition) is 1. The van der Waals surface area contributed by atoms with Crippen LogP contribution in [-0.2, 0) is 11.3 Å². The van der Waals surface area contributed by atoms with Crippen molar-refractivity contribution in [2.24, 2.45) is 0 Å². The molecule has 1 aliphatic heterocycles. The van der Waals surface area contributed by atoms with E-state index in [1.165, 1.54) is 0 Å². The fourth-order valence-electron chi connectivity index (χ4n) is 4.93. The van der Waals surface area contributed by atoms with Crippen molar-refractivity contribution < 1.29 is 19.4 Å². The number of nitrogens with zero attached hydrogens (tertiary/aromatic N) is 3. The van der Waals surface area contributed by atoms with E-state index in [9.17, 15) is 9.90 Å². The van der Waals surface area contributed by atoms with Crippen molar-refractivity contribution in [2.45, 2.75) is 64.8 Å². The number of carbonyl (C=O) groups is 1. The predicted molar refractivity (Wildman–Crippen MR) is 134 cm³/mol. The molecule has 0 aliphatic carbocycles. The maximum atomic E-state index is 12.9. The van der Waals surface area contributed by atoms with Crippen LogP contribution in [0.4, 0.5) is 4.79 Å². The zero-order valence-corrected chi connectivity index (χ0v) is 21.0. The Labute approximate surface area is 206 Å². The normalized spacial score (nSPS) is 18.9. The maximum Gasteiger partial charge on any atom is 0.419 e. The lowest BCUT2D eigenvalue weighted by molar-refractivity contribution is 0.0295. The number of methoxy groups -OCH3 is 1. The first-order valence-electron chi connectivity index (χ1n) is 11.9. The minimum atomic E-state index is -0.602. The minimum absolute atomic E-state index is 0.0974. The predicted octanol–water partition coefficient (Wildman–Crippen LogP) is 5.31. The average Bonchev–Trinajstić information content (AvgIpc) is 3.26. The van der Waals surface area contributed by atoms with Crippen molar-refractivity contribution in [3.8, 4) is 11.8 Å². The van der Waals surface area contributed by atoms with Gasteiger partial charge in [-0.25, -0.2) is 4.79 Å². The first-order valence-corrected chi connectivity index (χ1v) is 11.9. The molecule has 0 radical (unpaired) electrons. The zero-order chi connectivity index (χ0) is 25.3. The third-order valence-electron chi connectivity index (χ3n) is 6.49. The van der Waals surface area contributed by atoms with Crippen LogP contribution in [-0.4, -0.2) is 46.0 Å². The van der Waals surface area contributed by atoms with Gasteiger partial charge in [0.15, 0.2) is 0 Å². The number of ether oxygens (including phenoxy) is 2. The maximum absolute atomic E-state index is 12.9. The molecule has 35 heavy (non-hydrogen) atoms. The second kappa shape index (κ2) is 9.73. The fraction of sp³-hybridized carbons (Fsp3) is 0.429. The summed E-state index contributed by atoms with van der Waals surface area (Å²) in [6.07, 6.45) is 2.44. The lowest BCUT2D eigenvalue weighted by Gasteiger charge is -2.38. The van der Waals surface area contributed by atoms with E-state index in [0.29, 0.717) is 18.7 Å². The van der Waals surface area contributed by atoms with Crippen LogP contribution in [0.2, 0.25) is 0 Å². The van der Waals surface area contributed by atoms with Gasteiger partial charge in [-0.15, -0.1) is 0 Å². The van der Waals surface area contributed by atoms with Gasteiger partial charge in [0.2, 0.25) is 0 Å². The van der Waals surface area contributed by atoms with Crippen molar-refractivity contribution in [3.63, 3.8) is 0 Å². The number of fused-ring (bicyclic) bond motifs is 1. The van der Waals surface area contributed by atoms with Gasteiger partial charge < -0.3 is 14.6 Å². The number of aliphatic hydroxyl groups excluding tert-OH is 1. The number of carbonyl (C=O) groups excluding carboxylic acids is 1. The van der Waals surface area contributed by atoms with Gasteiger partial charge in [-0.1, -0.05) is 12.1 Å². The molecule has 3 aromatic rings. The van der Waals surface area contributed by atoms with E-state index in [1.807, 2.05) is 64.1 Å². The Morgan fingerprint density at radius 1 is 1.20 bits per heavy atom. The Morgan fingerprint density at radius 2 is 1.91 bits per heavy atom. The minimum Gasteiger partial charge on any atom is -0.496 e. The third kappa shape index (κ3) is 5.19. The van der Waals surface area contributed by atoms with E-state index in [2.05, 4.69) is 11.0 Å². The topological polar surface area (TPSA) is 87.7 Å². The number of hydrogen-bond acceptors (Lipinski definition) is 6. The average molecular weight is 476 g/mol. The number of β-amino-alcohol motifs (C(OH)–C–C–N with tert-alkyl or cyclic N) is 1. The van der Waals surface area contributed by atoms with Gasteiger partial charge in [0.05, 0.1) is 30.4 Å². The zero-order valence-electron chi connectivity index (χ0n) is 21.0. The second-order valence-electron chi connectivity index (χ2n) is 10.2. The molecule has 2 heterocycles. The monoisotopic (exact) mass is 475 g/mol. The first-order chi connectivity index (χ1) is 16.6. The summed E-state index contributed by atoms with van der Waals surface area (Å²) in [5.74, 6) is 0.746. The number of rotatable bonds is 4.